The Labute approximate surface area is 112 Å². The van der Waals surface area contributed by atoms with Crippen molar-refractivity contribution in [1.29, 1.82) is 5.26 Å². The fourth-order valence-corrected chi connectivity index (χ4v) is 1.70. The number of rotatable bonds is 5. The third-order valence-corrected chi connectivity index (χ3v) is 2.71. The normalized spacial score (nSPS) is 10.1. The van der Waals surface area contributed by atoms with Gasteiger partial charge in [0, 0.05) is 25.8 Å². The SMILES string of the molecule is CNc1nccc(C(=O)N(CCC#N)C(C)C)c1F. The first-order valence-electron chi connectivity index (χ1n) is 6.03. The number of nitriles is 1. The van der Waals surface area contributed by atoms with E-state index in [0.29, 0.717) is 0 Å². The van der Waals surface area contributed by atoms with Crippen molar-refractivity contribution in [3.63, 3.8) is 0 Å². The van der Waals surface area contributed by atoms with Gasteiger partial charge >= 0.3 is 0 Å². The second-order valence-electron chi connectivity index (χ2n) is 4.27. The Bertz CT molecular complexity index is 496. The van der Waals surface area contributed by atoms with Gasteiger partial charge in [0.2, 0.25) is 0 Å². The van der Waals surface area contributed by atoms with E-state index < -0.39 is 11.7 Å². The first kappa shape index (κ1) is 14.9. The van der Waals surface area contributed by atoms with Gasteiger partial charge in [-0.1, -0.05) is 0 Å². The lowest BCUT2D eigenvalue weighted by molar-refractivity contribution is 0.0705. The van der Waals surface area contributed by atoms with Gasteiger partial charge in [-0.05, 0) is 19.9 Å². The molecular weight excluding hydrogens is 247 g/mol. The third kappa shape index (κ3) is 3.41. The average Bonchev–Trinajstić information content (AvgIpc) is 2.38. The predicted octanol–water partition coefficient (Wildman–Crippen LogP) is 2.03. The van der Waals surface area contributed by atoms with Gasteiger partial charge in [-0.15, -0.1) is 0 Å². The fourth-order valence-electron chi connectivity index (χ4n) is 1.70. The number of hydrogen-bond donors (Lipinski definition) is 1. The summed E-state index contributed by atoms with van der Waals surface area (Å²) >= 11 is 0. The Balaban J connectivity index is 3.06. The van der Waals surface area contributed by atoms with Crippen LogP contribution in [0.1, 0.15) is 30.6 Å². The molecule has 1 aromatic rings. The van der Waals surface area contributed by atoms with E-state index in [1.807, 2.05) is 19.9 Å². The molecule has 5 nitrogen and oxygen atoms in total. The molecule has 19 heavy (non-hydrogen) atoms. The van der Waals surface area contributed by atoms with Crippen molar-refractivity contribution in [3.8, 4) is 6.07 Å². The second-order valence-corrected chi connectivity index (χ2v) is 4.27. The van der Waals surface area contributed by atoms with Gasteiger partial charge in [0.05, 0.1) is 18.1 Å². The van der Waals surface area contributed by atoms with E-state index in [2.05, 4.69) is 10.3 Å². The first-order valence-corrected chi connectivity index (χ1v) is 6.03. The maximum Gasteiger partial charge on any atom is 0.257 e. The molecule has 0 saturated heterocycles. The Morgan fingerprint density at radius 3 is 2.84 bits per heavy atom. The summed E-state index contributed by atoms with van der Waals surface area (Å²) < 4.78 is 14.0. The molecule has 1 rings (SSSR count). The third-order valence-electron chi connectivity index (χ3n) is 2.71. The summed E-state index contributed by atoms with van der Waals surface area (Å²) in [6.45, 7) is 3.93. The fraction of sp³-hybridized carbons (Fsp3) is 0.462. The minimum absolute atomic E-state index is 0.0361. The monoisotopic (exact) mass is 264 g/mol. The van der Waals surface area contributed by atoms with Crippen LogP contribution in [-0.4, -0.2) is 35.4 Å². The number of pyridine rings is 1. The lowest BCUT2D eigenvalue weighted by Gasteiger charge is -2.26. The van der Waals surface area contributed by atoms with E-state index in [0.717, 1.165) is 0 Å². The summed E-state index contributed by atoms with van der Waals surface area (Å²) in [6, 6.07) is 3.23. The van der Waals surface area contributed by atoms with Crippen LogP contribution in [0, 0.1) is 17.1 Å². The highest BCUT2D eigenvalue weighted by atomic mass is 19.1. The molecule has 0 spiro atoms. The van der Waals surface area contributed by atoms with Crippen LogP contribution in [0.2, 0.25) is 0 Å². The lowest BCUT2D eigenvalue weighted by Crippen LogP contribution is -2.38. The summed E-state index contributed by atoms with van der Waals surface area (Å²) in [4.78, 5) is 17.6. The highest BCUT2D eigenvalue weighted by molar-refractivity contribution is 5.95. The topological polar surface area (TPSA) is 69.0 Å². The van der Waals surface area contributed by atoms with E-state index in [9.17, 15) is 9.18 Å². The quantitative estimate of drug-likeness (QED) is 0.883. The van der Waals surface area contributed by atoms with Crippen LogP contribution >= 0.6 is 0 Å². The molecule has 1 heterocycles. The van der Waals surface area contributed by atoms with Gasteiger partial charge in [0.15, 0.2) is 11.6 Å². The summed E-state index contributed by atoms with van der Waals surface area (Å²) in [6.07, 6.45) is 1.60. The molecule has 1 amide bonds. The number of nitrogens with one attached hydrogen (secondary N) is 1. The summed E-state index contributed by atoms with van der Waals surface area (Å²) in [5.74, 6) is -1.06. The van der Waals surface area contributed by atoms with Crippen LogP contribution in [0.15, 0.2) is 12.3 Å². The molecular formula is C13H17FN4O. The van der Waals surface area contributed by atoms with Crippen LogP contribution in [0.25, 0.3) is 0 Å². The average molecular weight is 264 g/mol. The molecule has 0 aliphatic carbocycles. The van der Waals surface area contributed by atoms with Gasteiger partial charge in [-0.2, -0.15) is 5.26 Å². The van der Waals surface area contributed by atoms with Crippen LogP contribution in [0.4, 0.5) is 10.2 Å². The number of carbonyl (C=O) groups is 1. The van der Waals surface area contributed by atoms with Crippen LogP contribution in [0.3, 0.4) is 0 Å². The zero-order chi connectivity index (χ0) is 14.4. The number of hydrogen-bond acceptors (Lipinski definition) is 4. The number of aromatic nitrogens is 1. The van der Waals surface area contributed by atoms with E-state index in [4.69, 9.17) is 5.26 Å². The van der Waals surface area contributed by atoms with E-state index in [1.54, 1.807) is 0 Å². The van der Waals surface area contributed by atoms with Gasteiger partial charge in [-0.25, -0.2) is 9.37 Å². The van der Waals surface area contributed by atoms with E-state index in [1.165, 1.54) is 24.2 Å². The molecule has 0 unspecified atom stereocenters. The van der Waals surface area contributed by atoms with Crippen molar-refractivity contribution < 1.29 is 9.18 Å². The second kappa shape index (κ2) is 6.69. The molecule has 0 fully saturated rings. The molecule has 1 N–H and O–H groups in total. The number of nitrogens with zero attached hydrogens (tertiary/aromatic N) is 3. The molecule has 0 radical (unpaired) electrons. The minimum atomic E-state index is -0.669. The van der Waals surface area contributed by atoms with Crippen LogP contribution in [0.5, 0.6) is 0 Å². The van der Waals surface area contributed by atoms with Gasteiger partial charge in [0.25, 0.3) is 5.91 Å². The van der Waals surface area contributed by atoms with Crippen LogP contribution < -0.4 is 5.32 Å². The summed E-state index contributed by atoms with van der Waals surface area (Å²) in [7, 11) is 1.54. The van der Waals surface area contributed by atoms with Crippen molar-refractivity contribution in [2.24, 2.45) is 0 Å². The van der Waals surface area contributed by atoms with E-state index in [-0.39, 0.29) is 30.4 Å². The molecule has 0 aromatic carbocycles. The molecule has 6 heteroatoms. The van der Waals surface area contributed by atoms with Crippen molar-refractivity contribution in [1.82, 2.24) is 9.88 Å². The maximum absolute atomic E-state index is 14.0. The standard InChI is InChI=1S/C13H17FN4O/c1-9(2)18(8-4-6-15)13(19)10-5-7-17-12(16-3)11(10)14/h5,7,9H,4,8H2,1-3H3,(H,16,17). The van der Waals surface area contributed by atoms with Gasteiger partial charge in [-0.3, -0.25) is 4.79 Å². The Morgan fingerprint density at radius 1 is 1.63 bits per heavy atom. The summed E-state index contributed by atoms with van der Waals surface area (Å²) in [5, 5.41) is 11.2. The zero-order valence-electron chi connectivity index (χ0n) is 11.3. The Hall–Kier alpha value is -2.16. The predicted molar refractivity (Wildman–Crippen MR) is 70.1 cm³/mol. The highest BCUT2D eigenvalue weighted by Gasteiger charge is 2.23. The smallest absolute Gasteiger partial charge is 0.257 e. The van der Waals surface area contributed by atoms with Crippen molar-refractivity contribution in [2.75, 3.05) is 18.9 Å². The largest absolute Gasteiger partial charge is 0.371 e. The molecule has 102 valence electrons. The maximum atomic E-state index is 14.0. The number of anilines is 1. The van der Waals surface area contributed by atoms with Crippen molar-refractivity contribution >= 4 is 11.7 Å². The van der Waals surface area contributed by atoms with Gasteiger partial charge in [0.1, 0.15) is 0 Å². The first-order chi connectivity index (χ1) is 9.02. The Morgan fingerprint density at radius 2 is 2.32 bits per heavy atom. The van der Waals surface area contributed by atoms with Crippen molar-refractivity contribution in [3.05, 3.63) is 23.6 Å². The van der Waals surface area contributed by atoms with Crippen LogP contribution in [-0.2, 0) is 0 Å². The molecule has 0 atom stereocenters. The molecule has 1 aromatic heterocycles. The van der Waals surface area contributed by atoms with Crippen molar-refractivity contribution in [2.45, 2.75) is 26.3 Å². The molecule has 0 aliphatic rings. The minimum Gasteiger partial charge on any atom is -0.371 e. The number of halogens is 1. The zero-order valence-corrected chi connectivity index (χ0v) is 11.3. The number of carbonyl (C=O) groups excluding carboxylic acids is 1. The summed E-state index contributed by atoms with van der Waals surface area (Å²) in [5.41, 5.74) is -0.0361. The van der Waals surface area contributed by atoms with E-state index >= 15 is 0 Å². The molecule has 0 bridgehead atoms. The molecule has 0 saturated carbocycles. The Kier molecular flexibility index (Phi) is 5.24. The number of amides is 1. The van der Waals surface area contributed by atoms with Gasteiger partial charge < -0.3 is 10.2 Å². The highest BCUT2D eigenvalue weighted by Crippen LogP contribution is 2.17. The molecule has 0 aliphatic heterocycles. The lowest BCUT2D eigenvalue weighted by atomic mass is 10.1.